The number of aromatic nitrogens is 4. The minimum atomic E-state index is -0.696. The van der Waals surface area contributed by atoms with Crippen molar-refractivity contribution in [2.45, 2.75) is 25.5 Å². The molecule has 0 radical (unpaired) electrons. The molecule has 13 heteroatoms. The summed E-state index contributed by atoms with van der Waals surface area (Å²) >= 11 is 1.52. The first kappa shape index (κ1) is 22.5. The van der Waals surface area contributed by atoms with Crippen LogP contribution in [0.2, 0.25) is 0 Å². The van der Waals surface area contributed by atoms with Gasteiger partial charge in [0.1, 0.15) is 10.7 Å². The fourth-order valence-corrected chi connectivity index (χ4v) is 3.29. The molecule has 0 atom stereocenters. The minimum Gasteiger partial charge on any atom is -0.395 e. The lowest BCUT2D eigenvalue weighted by Gasteiger charge is -2.09. The van der Waals surface area contributed by atoms with Gasteiger partial charge in [0, 0.05) is 19.7 Å². The van der Waals surface area contributed by atoms with Gasteiger partial charge in [0.15, 0.2) is 16.6 Å². The molecule has 0 saturated heterocycles. The van der Waals surface area contributed by atoms with Crippen LogP contribution in [0.5, 0.6) is 0 Å². The molecule has 3 rings (SSSR count). The predicted molar refractivity (Wildman–Crippen MR) is 114 cm³/mol. The van der Waals surface area contributed by atoms with E-state index in [0.717, 1.165) is 17.2 Å². The maximum absolute atomic E-state index is 12.1. The van der Waals surface area contributed by atoms with Crippen LogP contribution in [-0.4, -0.2) is 62.6 Å². The standard InChI is InChI=1S/C18H23N7O5S/c1-3-29-10-8-19-15-12-11-21-24(16(12)23-18(22-15)31-4-2)9-7-20-17(26)13-5-6-14(30-13)25(27)28/h5-6,11H,3-4,7-10H2,1-2H3,(H,20,26)(H,19,22,23). The van der Waals surface area contributed by atoms with E-state index in [2.05, 4.69) is 25.7 Å². The molecule has 0 aromatic carbocycles. The van der Waals surface area contributed by atoms with E-state index in [1.807, 2.05) is 13.8 Å². The van der Waals surface area contributed by atoms with Crippen molar-refractivity contribution in [2.24, 2.45) is 0 Å². The summed E-state index contributed by atoms with van der Waals surface area (Å²) in [6.45, 7) is 6.35. The van der Waals surface area contributed by atoms with Crippen molar-refractivity contribution in [1.29, 1.82) is 0 Å². The molecule has 0 spiro atoms. The lowest BCUT2D eigenvalue weighted by Crippen LogP contribution is -2.27. The minimum absolute atomic E-state index is 0.123. The predicted octanol–water partition coefficient (Wildman–Crippen LogP) is 2.32. The van der Waals surface area contributed by atoms with Gasteiger partial charge in [-0.15, -0.1) is 0 Å². The molecule has 12 nitrogen and oxygen atoms in total. The molecule has 2 N–H and O–H groups in total. The molecule has 0 fully saturated rings. The van der Waals surface area contributed by atoms with Crippen LogP contribution in [0.4, 0.5) is 11.7 Å². The fraction of sp³-hybridized carbons (Fsp3) is 0.444. The molecule has 0 aliphatic rings. The van der Waals surface area contributed by atoms with E-state index in [4.69, 9.17) is 9.15 Å². The Labute approximate surface area is 181 Å². The first-order valence-corrected chi connectivity index (χ1v) is 10.7. The molecule has 1 amide bonds. The second kappa shape index (κ2) is 10.7. The Hall–Kier alpha value is -3.19. The van der Waals surface area contributed by atoms with Crippen molar-refractivity contribution >= 4 is 40.4 Å². The lowest BCUT2D eigenvalue weighted by atomic mass is 10.4. The van der Waals surface area contributed by atoms with Gasteiger partial charge in [-0.1, -0.05) is 18.7 Å². The molecule has 3 aromatic rings. The molecular formula is C18H23N7O5S. The number of ether oxygens (including phenoxy) is 1. The Morgan fingerprint density at radius 2 is 2.16 bits per heavy atom. The van der Waals surface area contributed by atoms with Crippen molar-refractivity contribution in [1.82, 2.24) is 25.1 Å². The SMILES string of the molecule is CCOCCNc1nc(SCC)nc2c1cnn2CCNC(=O)c1ccc([N+](=O)[O-])o1. The van der Waals surface area contributed by atoms with Crippen LogP contribution in [0.25, 0.3) is 11.0 Å². The van der Waals surface area contributed by atoms with E-state index in [1.165, 1.54) is 17.8 Å². The van der Waals surface area contributed by atoms with Gasteiger partial charge >= 0.3 is 5.88 Å². The van der Waals surface area contributed by atoms with Crippen LogP contribution in [0.3, 0.4) is 0 Å². The van der Waals surface area contributed by atoms with E-state index in [1.54, 1.807) is 10.9 Å². The largest absolute Gasteiger partial charge is 0.433 e. The summed E-state index contributed by atoms with van der Waals surface area (Å²) in [5.74, 6) is 0.356. The zero-order chi connectivity index (χ0) is 22.2. The number of nitrogens with one attached hydrogen (secondary N) is 2. The highest BCUT2D eigenvalue weighted by Crippen LogP contribution is 2.24. The van der Waals surface area contributed by atoms with E-state index >= 15 is 0 Å². The van der Waals surface area contributed by atoms with E-state index in [-0.39, 0.29) is 12.3 Å². The van der Waals surface area contributed by atoms with Crippen molar-refractivity contribution < 1.29 is 18.9 Å². The summed E-state index contributed by atoms with van der Waals surface area (Å²) in [6, 6.07) is 2.40. The van der Waals surface area contributed by atoms with Crippen LogP contribution in [0, 0.1) is 10.1 Å². The average molecular weight is 449 g/mol. The monoisotopic (exact) mass is 449 g/mol. The topological polar surface area (TPSA) is 150 Å². The van der Waals surface area contributed by atoms with Crippen molar-refractivity contribution in [3.63, 3.8) is 0 Å². The molecule has 31 heavy (non-hydrogen) atoms. The first-order chi connectivity index (χ1) is 15.0. The van der Waals surface area contributed by atoms with Gasteiger partial charge in [0.25, 0.3) is 5.91 Å². The number of nitrogens with zero attached hydrogens (tertiary/aromatic N) is 5. The second-order valence-corrected chi connectivity index (χ2v) is 7.40. The molecule has 0 unspecified atom stereocenters. The normalized spacial score (nSPS) is 11.0. The smallest absolute Gasteiger partial charge is 0.395 e. The number of rotatable bonds is 12. The second-order valence-electron chi connectivity index (χ2n) is 6.17. The van der Waals surface area contributed by atoms with Crippen LogP contribution >= 0.6 is 11.8 Å². The van der Waals surface area contributed by atoms with Gasteiger partial charge < -0.3 is 19.8 Å². The quantitative estimate of drug-likeness (QED) is 0.139. The average Bonchev–Trinajstić information content (AvgIpc) is 3.39. The van der Waals surface area contributed by atoms with Crippen molar-refractivity contribution in [3.8, 4) is 0 Å². The van der Waals surface area contributed by atoms with Crippen LogP contribution < -0.4 is 10.6 Å². The summed E-state index contributed by atoms with van der Waals surface area (Å²) in [6.07, 6.45) is 1.68. The third-order valence-corrected chi connectivity index (χ3v) is 4.83. The summed E-state index contributed by atoms with van der Waals surface area (Å²) < 4.78 is 11.9. The Morgan fingerprint density at radius 3 is 2.87 bits per heavy atom. The number of amides is 1. The molecule has 3 heterocycles. The highest BCUT2D eigenvalue weighted by molar-refractivity contribution is 7.99. The van der Waals surface area contributed by atoms with E-state index in [9.17, 15) is 14.9 Å². The summed E-state index contributed by atoms with van der Waals surface area (Å²) in [5, 5.41) is 22.4. The number of fused-ring (bicyclic) bond motifs is 1. The third-order valence-electron chi connectivity index (χ3n) is 4.10. The number of nitro groups is 1. The van der Waals surface area contributed by atoms with Crippen molar-refractivity contribution in [2.75, 3.05) is 37.4 Å². The fourth-order valence-electron chi connectivity index (χ4n) is 2.72. The Balaban J connectivity index is 1.68. The molecule has 0 aliphatic heterocycles. The maximum atomic E-state index is 12.1. The van der Waals surface area contributed by atoms with Crippen LogP contribution in [0.15, 0.2) is 27.9 Å². The summed E-state index contributed by atoms with van der Waals surface area (Å²) in [5.41, 5.74) is 0.646. The van der Waals surface area contributed by atoms with Gasteiger partial charge in [0.05, 0.1) is 30.8 Å². The van der Waals surface area contributed by atoms with Gasteiger partial charge in [-0.25, -0.2) is 14.6 Å². The van der Waals surface area contributed by atoms with Gasteiger partial charge in [0.2, 0.25) is 0 Å². The van der Waals surface area contributed by atoms with E-state index < -0.39 is 16.7 Å². The van der Waals surface area contributed by atoms with Gasteiger partial charge in [-0.3, -0.25) is 14.9 Å². The molecule has 0 aliphatic carbocycles. The zero-order valence-corrected chi connectivity index (χ0v) is 18.0. The zero-order valence-electron chi connectivity index (χ0n) is 17.2. The molecule has 166 valence electrons. The van der Waals surface area contributed by atoms with Crippen LogP contribution in [-0.2, 0) is 11.3 Å². The summed E-state index contributed by atoms with van der Waals surface area (Å²) in [7, 11) is 0. The number of hydrogen-bond acceptors (Lipinski definition) is 10. The first-order valence-electron chi connectivity index (χ1n) is 9.73. The highest BCUT2D eigenvalue weighted by Gasteiger charge is 2.17. The molecular weight excluding hydrogens is 426 g/mol. The number of anilines is 1. The molecule has 3 aromatic heterocycles. The molecule has 0 bridgehead atoms. The number of furan rings is 1. The maximum Gasteiger partial charge on any atom is 0.433 e. The molecule has 0 saturated carbocycles. The number of hydrogen-bond donors (Lipinski definition) is 2. The Morgan fingerprint density at radius 1 is 1.32 bits per heavy atom. The van der Waals surface area contributed by atoms with Crippen LogP contribution in [0.1, 0.15) is 24.4 Å². The third kappa shape index (κ3) is 5.70. The highest BCUT2D eigenvalue weighted by atomic mass is 32.2. The number of carbonyl (C=O) groups excluding carboxylic acids is 1. The summed E-state index contributed by atoms with van der Waals surface area (Å²) in [4.78, 5) is 31.3. The number of thioether (sulfide) groups is 1. The van der Waals surface area contributed by atoms with Gasteiger partial charge in [-0.2, -0.15) is 5.10 Å². The Kier molecular flexibility index (Phi) is 7.78. The van der Waals surface area contributed by atoms with E-state index in [0.29, 0.717) is 42.9 Å². The lowest BCUT2D eigenvalue weighted by molar-refractivity contribution is -0.402. The van der Waals surface area contributed by atoms with Gasteiger partial charge in [-0.05, 0) is 18.7 Å². The van der Waals surface area contributed by atoms with Crippen molar-refractivity contribution in [3.05, 3.63) is 34.2 Å². The Bertz CT molecular complexity index is 1050. The number of carbonyl (C=O) groups is 1.